The molecule has 0 aliphatic rings. The highest BCUT2D eigenvalue weighted by atomic mass is 14.5. The van der Waals surface area contributed by atoms with Crippen molar-refractivity contribution in [3.63, 3.8) is 0 Å². The average Bonchev–Trinajstić information content (AvgIpc) is 2.49. The molecule has 18 heavy (non-hydrogen) atoms. The van der Waals surface area contributed by atoms with Gasteiger partial charge in [0, 0.05) is 5.92 Å². The van der Waals surface area contributed by atoms with Crippen molar-refractivity contribution in [1.82, 2.24) is 0 Å². The van der Waals surface area contributed by atoms with E-state index < -0.39 is 0 Å². The zero-order chi connectivity index (χ0) is 13.2. The summed E-state index contributed by atoms with van der Waals surface area (Å²) < 4.78 is 0. The number of hydrogen-bond acceptors (Lipinski definition) is 1. The first-order valence-electron chi connectivity index (χ1n) is 6.69. The first-order chi connectivity index (χ1) is 8.90. The van der Waals surface area contributed by atoms with E-state index in [-0.39, 0.29) is 0 Å². The average molecular weight is 241 g/mol. The number of rotatable bonds is 4. The summed E-state index contributed by atoms with van der Waals surface area (Å²) in [6, 6.07) is 21.0. The van der Waals surface area contributed by atoms with Crippen molar-refractivity contribution in [1.29, 1.82) is 0 Å². The second kappa shape index (κ2) is 8.48. The molecule has 2 rings (SSSR count). The maximum atomic E-state index is 5.85. The van der Waals surface area contributed by atoms with E-state index in [0.29, 0.717) is 12.5 Å². The molecule has 0 saturated heterocycles. The summed E-state index contributed by atoms with van der Waals surface area (Å²) in [4.78, 5) is 0. The lowest BCUT2D eigenvalue weighted by atomic mass is 9.92. The maximum Gasteiger partial charge on any atom is 0.000157 e. The van der Waals surface area contributed by atoms with E-state index in [1.165, 1.54) is 11.1 Å². The molecule has 96 valence electrons. The van der Waals surface area contributed by atoms with E-state index >= 15 is 0 Å². The quantitative estimate of drug-likeness (QED) is 0.860. The Morgan fingerprint density at radius 2 is 1.33 bits per heavy atom. The summed E-state index contributed by atoms with van der Waals surface area (Å²) in [6.45, 7) is 4.69. The molecule has 0 aliphatic heterocycles. The molecule has 0 aliphatic carbocycles. The molecule has 0 amide bonds. The minimum absolute atomic E-state index is 0.420. The van der Waals surface area contributed by atoms with Crippen LogP contribution in [-0.4, -0.2) is 6.54 Å². The van der Waals surface area contributed by atoms with Gasteiger partial charge in [0.25, 0.3) is 0 Å². The fourth-order valence-corrected chi connectivity index (χ4v) is 1.96. The maximum absolute atomic E-state index is 5.85. The molecule has 0 bridgehead atoms. The van der Waals surface area contributed by atoms with Crippen molar-refractivity contribution < 1.29 is 0 Å². The van der Waals surface area contributed by atoms with Gasteiger partial charge in [-0.2, -0.15) is 0 Å². The summed E-state index contributed by atoms with van der Waals surface area (Å²) in [7, 11) is 0. The summed E-state index contributed by atoms with van der Waals surface area (Å²) in [6.07, 6.45) is 1.02. The van der Waals surface area contributed by atoms with Gasteiger partial charge in [0.2, 0.25) is 0 Å². The highest BCUT2D eigenvalue weighted by Crippen LogP contribution is 2.19. The van der Waals surface area contributed by atoms with E-state index in [2.05, 4.69) is 48.5 Å². The van der Waals surface area contributed by atoms with E-state index in [9.17, 15) is 0 Å². The molecule has 1 atom stereocenters. The minimum Gasteiger partial charge on any atom is -0.330 e. The Morgan fingerprint density at radius 3 is 1.83 bits per heavy atom. The van der Waals surface area contributed by atoms with Gasteiger partial charge in [-0.05, 0) is 24.1 Å². The molecule has 1 heteroatoms. The topological polar surface area (TPSA) is 26.0 Å². The Balaban J connectivity index is 0.000000771. The molecule has 0 heterocycles. The van der Waals surface area contributed by atoms with Crippen LogP contribution in [0, 0.1) is 0 Å². The molecule has 1 nitrogen and oxygen atoms in total. The van der Waals surface area contributed by atoms with Crippen LogP contribution in [0.15, 0.2) is 60.7 Å². The highest BCUT2D eigenvalue weighted by Gasteiger charge is 2.09. The van der Waals surface area contributed by atoms with E-state index in [4.69, 9.17) is 5.73 Å². The molecule has 0 spiro atoms. The van der Waals surface area contributed by atoms with Gasteiger partial charge in [-0.3, -0.25) is 0 Å². The predicted octanol–water partition coefficient (Wildman–Crippen LogP) is 4.00. The highest BCUT2D eigenvalue weighted by molar-refractivity contribution is 5.24. The normalized spacial score (nSPS) is 11.3. The van der Waals surface area contributed by atoms with E-state index in [0.717, 1.165) is 6.42 Å². The summed E-state index contributed by atoms with van der Waals surface area (Å²) >= 11 is 0. The van der Waals surface area contributed by atoms with Crippen molar-refractivity contribution in [2.24, 2.45) is 5.73 Å². The lowest BCUT2D eigenvalue weighted by Crippen LogP contribution is -2.14. The van der Waals surface area contributed by atoms with Gasteiger partial charge >= 0.3 is 0 Å². The number of nitrogens with two attached hydrogens (primary N) is 1. The van der Waals surface area contributed by atoms with Crippen LogP contribution >= 0.6 is 0 Å². The standard InChI is InChI=1S/C15H17N.C2H6/c16-12-15(14-9-5-2-6-10-14)11-13-7-3-1-4-8-13;1-2/h1-10,15H,11-12,16H2;1-2H3. The predicted molar refractivity (Wildman–Crippen MR) is 79.7 cm³/mol. The zero-order valence-corrected chi connectivity index (χ0v) is 11.3. The van der Waals surface area contributed by atoms with Crippen molar-refractivity contribution in [2.75, 3.05) is 6.54 Å². The summed E-state index contributed by atoms with van der Waals surface area (Å²) in [5.74, 6) is 0.420. The molecule has 0 fully saturated rings. The monoisotopic (exact) mass is 241 g/mol. The molecule has 1 unspecified atom stereocenters. The van der Waals surface area contributed by atoms with Gasteiger partial charge in [-0.25, -0.2) is 0 Å². The van der Waals surface area contributed by atoms with Crippen LogP contribution in [0.25, 0.3) is 0 Å². The molecular weight excluding hydrogens is 218 g/mol. The van der Waals surface area contributed by atoms with Crippen molar-refractivity contribution >= 4 is 0 Å². The van der Waals surface area contributed by atoms with Gasteiger partial charge in [-0.1, -0.05) is 74.5 Å². The second-order valence-corrected chi connectivity index (χ2v) is 4.03. The molecule has 0 radical (unpaired) electrons. The first kappa shape index (κ1) is 14.5. The number of hydrogen-bond donors (Lipinski definition) is 1. The third kappa shape index (κ3) is 4.34. The van der Waals surface area contributed by atoms with Crippen LogP contribution in [0.4, 0.5) is 0 Å². The lowest BCUT2D eigenvalue weighted by molar-refractivity contribution is 0.694. The SMILES string of the molecule is CC.NCC(Cc1ccccc1)c1ccccc1. The van der Waals surface area contributed by atoms with E-state index in [1.807, 2.05) is 26.0 Å². The molecule has 2 aromatic carbocycles. The molecule has 2 N–H and O–H groups in total. The van der Waals surface area contributed by atoms with Gasteiger partial charge in [-0.15, -0.1) is 0 Å². The van der Waals surface area contributed by atoms with Crippen molar-refractivity contribution in [3.05, 3.63) is 71.8 Å². The van der Waals surface area contributed by atoms with Crippen molar-refractivity contribution in [3.8, 4) is 0 Å². The minimum atomic E-state index is 0.420. The first-order valence-corrected chi connectivity index (χ1v) is 6.69. The molecule has 2 aromatic rings. The van der Waals surface area contributed by atoms with Crippen LogP contribution in [-0.2, 0) is 6.42 Å². The van der Waals surface area contributed by atoms with Crippen molar-refractivity contribution in [2.45, 2.75) is 26.2 Å². The number of benzene rings is 2. The van der Waals surface area contributed by atoms with Gasteiger partial charge in [0.05, 0.1) is 0 Å². The molecule has 0 aromatic heterocycles. The molecular formula is C17H23N. The van der Waals surface area contributed by atoms with Crippen LogP contribution in [0.1, 0.15) is 30.9 Å². The smallest absolute Gasteiger partial charge is 0.000157 e. The molecule has 0 saturated carbocycles. The lowest BCUT2D eigenvalue weighted by Gasteiger charge is -2.15. The Labute approximate surface area is 111 Å². The van der Waals surface area contributed by atoms with Gasteiger partial charge in [0.1, 0.15) is 0 Å². The third-order valence-corrected chi connectivity index (χ3v) is 2.88. The summed E-state index contributed by atoms with van der Waals surface area (Å²) in [5, 5.41) is 0. The second-order valence-electron chi connectivity index (χ2n) is 4.03. The fourth-order valence-electron chi connectivity index (χ4n) is 1.96. The fraction of sp³-hybridized carbons (Fsp3) is 0.294. The van der Waals surface area contributed by atoms with Crippen LogP contribution in [0.5, 0.6) is 0 Å². The van der Waals surface area contributed by atoms with Crippen LogP contribution in [0.2, 0.25) is 0 Å². The Kier molecular flexibility index (Phi) is 6.82. The largest absolute Gasteiger partial charge is 0.330 e. The third-order valence-electron chi connectivity index (χ3n) is 2.88. The summed E-state index contributed by atoms with van der Waals surface area (Å²) in [5.41, 5.74) is 8.53. The Morgan fingerprint density at radius 1 is 0.833 bits per heavy atom. The zero-order valence-electron chi connectivity index (χ0n) is 11.3. The Hall–Kier alpha value is -1.60. The van der Waals surface area contributed by atoms with Gasteiger partial charge in [0.15, 0.2) is 0 Å². The van der Waals surface area contributed by atoms with Gasteiger partial charge < -0.3 is 5.73 Å². The Bertz CT molecular complexity index is 408. The van der Waals surface area contributed by atoms with E-state index in [1.54, 1.807) is 0 Å². The van der Waals surface area contributed by atoms with Crippen LogP contribution < -0.4 is 5.73 Å². The van der Waals surface area contributed by atoms with Crippen LogP contribution in [0.3, 0.4) is 0 Å².